The molecule has 9 heteroatoms. The molecule has 0 spiro atoms. The summed E-state index contributed by atoms with van der Waals surface area (Å²) in [6, 6.07) is 1.60. The van der Waals surface area contributed by atoms with Gasteiger partial charge in [-0.25, -0.2) is 0 Å². The Morgan fingerprint density at radius 3 is 3.00 bits per heavy atom. The number of amides is 2. The Hall–Kier alpha value is -2.42. The zero-order valence-corrected chi connectivity index (χ0v) is 17.3. The van der Waals surface area contributed by atoms with E-state index in [2.05, 4.69) is 15.1 Å². The van der Waals surface area contributed by atoms with Gasteiger partial charge in [-0.2, -0.15) is 0 Å². The van der Waals surface area contributed by atoms with E-state index in [9.17, 15) is 9.59 Å². The van der Waals surface area contributed by atoms with E-state index in [1.54, 1.807) is 22.9 Å². The van der Waals surface area contributed by atoms with Gasteiger partial charge in [0.25, 0.3) is 0 Å². The van der Waals surface area contributed by atoms with Crippen LogP contribution in [0.5, 0.6) is 0 Å². The number of carbonyl (C=O) groups excluding carboxylic acids is 2. The Balaban J connectivity index is 1.44. The van der Waals surface area contributed by atoms with Gasteiger partial charge < -0.3 is 19.1 Å². The molecule has 0 aromatic carbocycles. The van der Waals surface area contributed by atoms with E-state index in [0.29, 0.717) is 18.9 Å². The predicted octanol–water partition coefficient (Wildman–Crippen LogP) is 2.00. The molecule has 0 radical (unpaired) electrons. The van der Waals surface area contributed by atoms with Gasteiger partial charge in [0.05, 0.1) is 12.5 Å². The molecule has 154 valence electrons. The van der Waals surface area contributed by atoms with Crippen LogP contribution in [0.25, 0.3) is 0 Å². The fourth-order valence-corrected chi connectivity index (χ4v) is 5.98. The van der Waals surface area contributed by atoms with Crippen LogP contribution in [0.3, 0.4) is 0 Å². The van der Waals surface area contributed by atoms with Crippen LogP contribution in [0.1, 0.15) is 31.2 Å². The molecule has 3 fully saturated rings. The van der Waals surface area contributed by atoms with Crippen LogP contribution >= 0.6 is 11.3 Å². The number of aromatic nitrogens is 2. The van der Waals surface area contributed by atoms with Crippen molar-refractivity contribution in [3.63, 3.8) is 0 Å². The molecule has 0 N–H and O–H groups in total. The van der Waals surface area contributed by atoms with Crippen LogP contribution in [0.2, 0.25) is 0 Å². The molecule has 3 saturated heterocycles. The van der Waals surface area contributed by atoms with E-state index >= 15 is 0 Å². The van der Waals surface area contributed by atoms with Crippen molar-refractivity contribution in [2.75, 3.05) is 25.0 Å². The van der Waals surface area contributed by atoms with Crippen LogP contribution in [-0.4, -0.2) is 64.0 Å². The minimum atomic E-state index is -0.406. The highest BCUT2D eigenvalue weighted by Crippen LogP contribution is 2.43. The third-order valence-electron chi connectivity index (χ3n) is 6.59. The second kappa shape index (κ2) is 7.44. The summed E-state index contributed by atoms with van der Waals surface area (Å²) < 4.78 is 5.14. The van der Waals surface area contributed by atoms with Gasteiger partial charge >= 0.3 is 0 Å². The molecule has 2 aromatic rings. The minimum Gasteiger partial charge on any atom is -0.472 e. The van der Waals surface area contributed by atoms with Crippen molar-refractivity contribution in [2.45, 2.75) is 44.3 Å². The molecule has 4 atom stereocenters. The zero-order chi connectivity index (χ0) is 20.0. The Kier molecular flexibility index (Phi) is 4.77. The second-order valence-electron chi connectivity index (χ2n) is 8.41. The standard InChI is InChI=1S/C20H25N5O3S/c1-23(8-13-5-6-28-11-13)19(27)18-15-7-14(16-3-2-4-17(26)25(16)18)9-24(10-15)20-22-21-12-29-20/h5-6,11-12,14-16,18H,2-4,7-10H2,1H3/t14-,15+,16+,18-/m1/s1. The Bertz CT molecular complexity index is 871. The summed E-state index contributed by atoms with van der Waals surface area (Å²) in [6.45, 7) is 2.10. The van der Waals surface area contributed by atoms with Gasteiger partial charge in [-0.15, -0.1) is 10.2 Å². The first-order valence-electron chi connectivity index (χ1n) is 10.2. The quantitative estimate of drug-likeness (QED) is 0.760. The summed E-state index contributed by atoms with van der Waals surface area (Å²) in [5, 5.41) is 9.15. The first-order chi connectivity index (χ1) is 14.1. The number of hydrogen-bond acceptors (Lipinski definition) is 7. The molecular formula is C20H25N5O3S. The van der Waals surface area contributed by atoms with Crippen molar-refractivity contribution in [2.24, 2.45) is 11.8 Å². The average molecular weight is 416 g/mol. The second-order valence-corrected chi connectivity index (χ2v) is 9.23. The van der Waals surface area contributed by atoms with E-state index in [1.165, 1.54) is 11.3 Å². The zero-order valence-electron chi connectivity index (χ0n) is 16.4. The van der Waals surface area contributed by atoms with Crippen molar-refractivity contribution < 1.29 is 14.0 Å². The Morgan fingerprint density at radius 2 is 2.24 bits per heavy atom. The van der Waals surface area contributed by atoms with Crippen LogP contribution in [0, 0.1) is 11.8 Å². The smallest absolute Gasteiger partial charge is 0.245 e. The normalized spacial score (nSPS) is 28.9. The number of fused-ring (bicyclic) bond motifs is 4. The molecule has 2 bridgehead atoms. The van der Waals surface area contributed by atoms with Crippen molar-refractivity contribution in [3.05, 3.63) is 29.7 Å². The lowest BCUT2D eigenvalue weighted by molar-refractivity contribution is -0.160. The van der Waals surface area contributed by atoms with Gasteiger partial charge in [-0.3, -0.25) is 9.59 Å². The number of furan rings is 1. The molecule has 0 unspecified atom stereocenters. The highest BCUT2D eigenvalue weighted by Gasteiger charge is 2.52. The van der Waals surface area contributed by atoms with E-state index < -0.39 is 6.04 Å². The van der Waals surface area contributed by atoms with E-state index in [1.807, 2.05) is 18.0 Å². The van der Waals surface area contributed by atoms with E-state index in [4.69, 9.17) is 4.42 Å². The topological polar surface area (TPSA) is 82.8 Å². The molecule has 0 aliphatic carbocycles. The van der Waals surface area contributed by atoms with Crippen molar-refractivity contribution in [3.8, 4) is 0 Å². The minimum absolute atomic E-state index is 0.0222. The van der Waals surface area contributed by atoms with Gasteiger partial charge in [0, 0.05) is 50.6 Å². The third kappa shape index (κ3) is 3.31. The number of anilines is 1. The van der Waals surface area contributed by atoms with Gasteiger partial charge in [-0.05, 0) is 31.2 Å². The number of rotatable bonds is 4. The number of nitrogens with zero attached hydrogens (tertiary/aromatic N) is 5. The van der Waals surface area contributed by atoms with Gasteiger partial charge in [0.1, 0.15) is 11.6 Å². The fourth-order valence-electron chi connectivity index (χ4n) is 5.40. The maximum Gasteiger partial charge on any atom is 0.245 e. The summed E-state index contributed by atoms with van der Waals surface area (Å²) in [5.41, 5.74) is 2.70. The van der Waals surface area contributed by atoms with Crippen molar-refractivity contribution in [1.29, 1.82) is 0 Å². The summed E-state index contributed by atoms with van der Waals surface area (Å²) in [5.74, 6) is 0.643. The third-order valence-corrected chi connectivity index (χ3v) is 7.34. The number of likely N-dealkylation sites (N-methyl/N-ethyl adjacent to an activating group) is 1. The van der Waals surface area contributed by atoms with Gasteiger partial charge in [0.15, 0.2) is 0 Å². The lowest BCUT2D eigenvalue weighted by Gasteiger charge is -2.56. The predicted molar refractivity (Wildman–Crippen MR) is 107 cm³/mol. The highest BCUT2D eigenvalue weighted by atomic mass is 32.1. The maximum absolute atomic E-state index is 13.6. The number of carbonyl (C=O) groups is 2. The molecule has 3 aliphatic rings. The summed E-state index contributed by atoms with van der Waals surface area (Å²) in [4.78, 5) is 32.5. The van der Waals surface area contributed by atoms with E-state index in [0.717, 1.165) is 43.0 Å². The van der Waals surface area contributed by atoms with Crippen LogP contribution in [0.4, 0.5) is 5.13 Å². The summed E-state index contributed by atoms with van der Waals surface area (Å²) >= 11 is 1.53. The molecule has 3 aliphatic heterocycles. The van der Waals surface area contributed by atoms with Crippen molar-refractivity contribution >= 4 is 28.3 Å². The number of hydrogen-bond donors (Lipinski definition) is 0. The molecule has 29 heavy (non-hydrogen) atoms. The van der Waals surface area contributed by atoms with Crippen molar-refractivity contribution in [1.82, 2.24) is 20.0 Å². The molecule has 2 aromatic heterocycles. The Labute approximate surface area is 173 Å². The van der Waals surface area contributed by atoms with Gasteiger partial charge in [0.2, 0.25) is 16.9 Å². The Morgan fingerprint density at radius 1 is 1.38 bits per heavy atom. The summed E-state index contributed by atoms with van der Waals surface area (Å²) in [7, 11) is 1.82. The average Bonchev–Trinajstić information content (AvgIpc) is 3.42. The lowest BCUT2D eigenvalue weighted by atomic mass is 9.71. The number of piperidine rings is 3. The SMILES string of the molecule is CN(Cc1ccoc1)C(=O)[C@H]1[C@H]2C[C@H](CN(c3nncs3)C2)[C@@H]2CCCC(=O)N21. The largest absolute Gasteiger partial charge is 0.472 e. The monoisotopic (exact) mass is 415 g/mol. The van der Waals surface area contributed by atoms with Crippen LogP contribution in [-0.2, 0) is 16.1 Å². The maximum atomic E-state index is 13.6. The molecule has 2 amide bonds. The van der Waals surface area contributed by atoms with Crippen LogP contribution < -0.4 is 4.90 Å². The molecule has 5 heterocycles. The van der Waals surface area contributed by atoms with Crippen LogP contribution in [0.15, 0.2) is 28.5 Å². The molecule has 0 saturated carbocycles. The fraction of sp³-hybridized carbons (Fsp3) is 0.600. The lowest BCUT2D eigenvalue weighted by Crippen LogP contribution is -2.68. The summed E-state index contributed by atoms with van der Waals surface area (Å²) in [6.07, 6.45) is 6.69. The van der Waals surface area contributed by atoms with E-state index in [-0.39, 0.29) is 23.8 Å². The first kappa shape index (κ1) is 18.6. The van der Waals surface area contributed by atoms with Gasteiger partial charge in [-0.1, -0.05) is 11.3 Å². The molecule has 8 nitrogen and oxygen atoms in total. The molecule has 5 rings (SSSR count). The first-order valence-corrected chi connectivity index (χ1v) is 11.1. The molecular weight excluding hydrogens is 390 g/mol. The highest BCUT2D eigenvalue weighted by molar-refractivity contribution is 7.13.